The Balaban J connectivity index is 2.07. The van der Waals surface area contributed by atoms with Gasteiger partial charge in [-0.2, -0.15) is 0 Å². The van der Waals surface area contributed by atoms with Gasteiger partial charge in [-0.15, -0.1) is 0 Å². The molecule has 102 valence electrons. The summed E-state index contributed by atoms with van der Waals surface area (Å²) in [7, 11) is 1.81. The van der Waals surface area contributed by atoms with Crippen LogP contribution in [-0.2, 0) is 11.8 Å². The van der Waals surface area contributed by atoms with Crippen molar-refractivity contribution in [3.05, 3.63) is 18.1 Å². The zero-order chi connectivity index (χ0) is 13.6. The minimum atomic E-state index is -0.699. The van der Waals surface area contributed by atoms with Gasteiger partial charge in [-0.1, -0.05) is 0 Å². The van der Waals surface area contributed by atoms with E-state index in [1.807, 2.05) is 7.05 Å². The number of nitrogens with one attached hydrogen (secondary N) is 1. The Kier molecular flexibility index (Phi) is 2.85. The van der Waals surface area contributed by atoms with Crippen LogP contribution in [0.5, 0.6) is 0 Å². The molecule has 0 aromatic carbocycles. The number of aryl methyl sites for hydroxylation is 1. The molecule has 2 aromatic heterocycles. The van der Waals surface area contributed by atoms with Gasteiger partial charge in [0.25, 0.3) is 0 Å². The molecular formula is C11H15N5O3. The summed E-state index contributed by atoms with van der Waals surface area (Å²) in [5, 5.41) is 26.6. The molecule has 1 aliphatic rings. The van der Waals surface area contributed by atoms with E-state index in [0.717, 1.165) is 0 Å². The Labute approximate surface area is 108 Å². The van der Waals surface area contributed by atoms with Crippen LogP contribution in [0.2, 0.25) is 0 Å². The van der Waals surface area contributed by atoms with Crippen molar-refractivity contribution >= 4 is 11.2 Å². The van der Waals surface area contributed by atoms with E-state index in [4.69, 9.17) is 15.3 Å². The van der Waals surface area contributed by atoms with Gasteiger partial charge in [-0.3, -0.25) is 9.98 Å². The topological polar surface area (TPSA) is 109 Å². The Hall–Kier alpha value is -1.77. The SMILES string of the molecule is Cn1cnc(=N)c2ncn([C@@H]3C[C@H](O)[C@@H](CO)O3)c21. The summed E-state index contributed by atoms with van der Waals surface area (Å²) in [4.78, 5) is 8.08. The molecule has 3 N–H and O–H groups in total. The summed E-state index contributed by atoms with van der Waals surface area (Å²) >= 11 is 0. The molecule has 3 heterocycles. The number of ether oxygens (including phenoxy) is 1. The normalized spacial score (nSPS) is 27.2. The second-order valence-electron chi connectivity index (χ2n) is 4.64. The summed E-state index contributed by atoms with van der Waals surface area (Å²) in [6.45, 7) is -0.221. The Bertz CT molecular complexity index is 664. The van der Waals surface area contributed by atoms with Crippen molar-refractivity contribution in [2.45, 2.75) is 24.9 Å². The third kappa shape index (κ3) is 1.84. The van der Waals surface area contributed by atoms with E-state index in [1.54, 1.807) is 15.5 Å². The van der Waals surface area contributed by atoms with Crippen LogP contribution in [-0.4, -0.2) is 48.1 Å². The van der Waals surface area contributed by atoms with Crippen LogP contribution < -0.4 is 5.49 Å². The maximum Gasteiger partial charge on any atom is 0.176 e. The van der Waals surface area contributed by atoms with Crippen LogP contribution in [0.15, 0.2) is 12.7 Å². The second kappa shape index (κ2) is 4.41. The first-order valence-corrected chi connectivity index (χ1v) is 5.99. The number of rotatable bonds is 2. The number of imidazole rings is 1. The van der Waals surface area contributed by atoms with Crippen LogP contribution in [0.3, 0.4) is 0 Å². The molecule has 1 aliphatic heterocycles. The molecule has 1 saturated heterocycles. The molecule has 1 fully saturated rings. The van der Waals surface area contributed by atoms with Crippen molar-refractivity contribution in [1.29, 1.82) is 5.41 Å². The molecule has 0 amide bonds. The van der Waals surface area contributed by atoms with Crippen LogP contribution >= 0.6 is 0 Å². The van der Waals surface area contributed by atoms with Crippen LogP contribution in [0.25, 0.3) is 11.2 Å². The van der Waals surface area contributed by atoms with Crippen molar-refractivity contribution in [2.24, 2.45) is 7.05 Å². The summed E-state index contributed by atoms with van der Waals surface area (Å²) < 4.78 is 9.11. The van der Waals surface area contributed by atoms with Crippen molar-refractivity contribution < 1.29 is 14.9 Å². The Morgan fingerprint density at radius 2 is 2.26 bits per heavy atom. The lowest BCUT2D eigenvalue weighted by atomic mass is 10.2. The third-order valence-electron chi connectivity index (χ3n) is 3.38. The van der Waals surface area contributed by atoms with E-state index in [0.29, 0.717) is 17.6 Å². The van der Waals surface area contributed by atoms with E-state index in [1.165, 1.54) is 6.33 Å². The zero-order valence-electron chi connectivity index (χ0n) is 10.4. The third-order valence-corrected chi connectivity index (χ3v) is 3.38. The Morgan fingerprint density at radius 1 is 1.47 bits per heavy atom. The molecule has 8 nitrogen and oxygen atoms in total. The molecule has 0 saturated carbocycles. The minimum Gasteiger partial charge on any atom is -0.394 e. The molecular weight excluding hydrogens is 250 g/mol. The van der Waals surface area contributed by atoms with Gasteiger partial charge in [0.15, 0.2) is 5.49 Å². The summed E-state index contributed by atoms with van der Waals surface area (Å²) in [5.41, 5.74) is 1.29. The highest BCUT2D eigenvalue weighted by molar-refractivity contribution is 5.69. The van der Waals surface area contributed by atoms with Crippen LogP contribution in [0.4, 0.5) is 0 Å². The maximum absolute atomic E-state index is 9.78. The number of aliphatic hydroxyl groups excluding tert-OH is 2. The number of aromatic nitrogens is 4. The number of fused-ring (bicyclic) bond motifs is 1. The molecule has 3 atom stereocenters. The van der Waals surface area contributed by atoms with E-state index in [9.17, 15) is 5.11 Å². The zero-order valence-corrected chi connectivity index (χ0v) is 10.4. The van der Waals surface area contributed by atoms with E-state index in [-0.39, 0.29) is 12.1 Å². The standard InChI is InChI=1S/C11H15N5O3/c1-15-4-14-10(12)9-11(15)16(5-13-9)8-2-6(18)7(3-17)19-8/h4-8,12,17-18H,2-3H2,1H3/t6-,7+,8-/m0/s1. The Morgan fingerprint density at radius 3 is 2.95 bits per heavy atom. The molecule has 0 spiro atoms. The average Bonchev–Trinajstić information content (AvgIpc) is 2.97. The second-order valence-corrected chi connectivity index (χ2v) is 4.64. The molecule has 19 heavy (non-hydrogen) atoms. The monoisotopic (exact) mass is 265 g/mol. The van der Waals surface area contributed by atoms with Crippen LogP contribution in [0, 0.1) is 5.41 Å². The molecule has 2 aromatic rings. The first-order chi connectivity index (χ1) is 9.11. The first kappa shape index (κ1) is 12.3. The number of aliphatic hydroxyl groups is 2. The quantitative estimate of drug-likeness (QED) is 0.638. The highest BCUT2D eigenvalue weighted by atomic mass is 16.5. The van der Waals surface area contributed by atoms with Crippen molar-refractivity contribution in [2.75, 3.05) is 6.61 Å². The number of hydrogen-bond donors (Lipinski definition) is 3. The summed E-state index contributed by atoms with van der Waals surface area (Å²) in [6, 6.07) is 0. The van der Waals surface area contributed by atoms with Crippen molar-refractivity contribution in [1.82, 2.24) is 19.1 Å². The molecule has 8 heteroatoms. The molecule has 0 radical (unpaired) electrons. The fourth-order valence-electron chi connectivity index (χ4n) is 2.39. The lowest BCUT2D eigenvalue weighted by Crippen LogP contribution is -2.24. The molecule has 3 rings (SSSR count). The maximum atomic E-state index is 9.78. The highest BCUT2D eigenvalue weighted by Crippen LogP contribution is 2.30. The predicted octanol–water partition coefficient (Wildman–Crippen LogP) is -1.11. The van der Waals surface area contributed by atoms with E-state index < -0.39 is 18.4 Å². The van der Waals surface area contributed by atoms with E-state index >= 15 is 0 Å². The number of nitrogens with zero attached hydrogens (tertiary/aromatic N) is 4. The highest BCUT2D eigenvalue weighted by Gasteiger charge is 2.35. The van der Waals surface area contributed by atoms with Gasteiger partial charge in [-0.05, 0) is 0 Å². The van der Waals surface area contributed by atoms with Gasteiger partial charge in [0, 0.05) is 13.5 Å². The fraction of sp³-hybridized carbons (Fsp3) is 0.545. The predicted molar refractivity (Wildman–Crippen MR) is 64.0 cm³/mol. The molecule has 0 unspecified atom stereocenters. The smallest absolute Gasteiger partial charge is 0.176 e. The van der Waals surface area contributed by atoms with E-state index in [2.05, 4.69) is 9.97 Å². The van der Waals surface area contributed by atoms with Crippen LogP contribution in [0.1, 0.15) is 12.6 Å². The summed E-state index contributed by atoms with van der Waals surface area (Å²) in [6.07, 6.45) is 1.82. The van der Waals surface area contributed by atoms with Crippen molar-refractivity contribution in [3.8, 4) is 0 Å². The first-order valence-electron chi connectivity index (χ1n) is 5.99. The van der Waals surface area contributed by atoms with Gasteiger partial charge in [-0.25, -0.2) is 9.97 Å². The number of hydrogen-bond acceptors (Lipinski definition) is 6. The van der Waals surface area contributed by atoms with Gasteiger partial charge >= 0.3 is 0 Å². The minimum absolute atomic E-state index is 0.101. The van der Waals surface area contributed by atoms with Gasteiger partial charge in [0.05, 0.1) is 25.4 Å². The van der Waals surface area contributed by atoms with Gasteiger partial charge in [0.2, 0.25) is 0 Å². The summed E-state index contributed by atoms with van der Waals surface area (Å²) in [5.74, 6) is 0. The lowest BCUT2D eigenvalue weighted by molar-refractivity contribution is -0.0433. The van der Waals surface area contributed by atoms with Gasteiger partial charge in [0.1, 0.15) is 23.5 Å². The fourth-order valence-corrected chi connectivity index (χ4v) is 2.39. The largest absolute Gasteiger partial charge is 0.394 e. The molecule has 0 bridgehead atoms. The molecule has 0 aliphatic carbocycles. The average molecular weight is 265 g/mol. The lowest BCUT2D eigenvalue weighted by Gasteiger charge is -2.15. The van der Waals surface area contributed by atoms with Gasteiger partial charge < -0.3 is 19.5 Å². The van der Waals surface area contributed by atoms with Crippen molar-refractivity contribution in [3.63, 3.8) is 0 Å².